The molecule has 1 aromatic heterocycles. The molecule has 2 rings (SSSR count). The van der Waals surface area contributed by atoms with E-state index in [2.05, 4.69) is 15.5 Å². The first-order valence-electron chi connectivity index (χ1n) is 6.55. The molecule has 2 N–H and O–H groups in total. The van der Waals surface area contributed by atoms with Crippen LogP contribution in [0.3, 0.4) is 0 Å². The fourth-order valence-electron chi connectivity index (χ4n) is 2.10. The van der Waals surface area contributed by atoms with Crippen molar-refractivity contribution in [3.05, 3.63) is 47.0 Å². The number of H-pyrrole nitrogens is 1. The Bertz CT molecular complexity index is 550. The number of aryl methyl sites for hydroxylation is 1. The normalized spacial score (nSPS) is 15.8. The van der Waals surface area contributed by atoms with E-state index in [-0.39, 0.29) is 5.78 Å². The SMILES string of the molecule is C/C=C\C=C/c1n[nH]c(C)c1C(=O)C1=CNCCC1. The smallest absolute Gasteiger partial charge is 0.194 e. The largest absolute Gasteiger partial charge is 0.391 e. The summed E-state index contributed by atoms with van der Waals surface area (Å²) in [5.74, 6) is 0.0681. The summed E-state index contributed by atoms with van der Waals surface area (Å²) >= 11 is 0. The molecule has 0 saturated heterocycles. The number of nitrogens with zero attached hydrogens (tertiary/aromatic N) is 1. The lowest BCUT2D eigenvalue weighted by Gasteiger charge is -2.13. The van der Waals surface area contributed by atoms with Gasteiger partial charge in [-0.1, -0.05) is 18.2 Å². The van der Waals surface area contributed by atoms with Crippen LogP contribution in [-0.4, -0.2) is 22.5 Å². The Labute approximate surface area is 113 Å². The van der Waals surface area contributed by atoms with Crippen molar-refractivity contribution in [2.45, 2.75) is 26.7 Å². The molecule has 0 atom stereocenters. The summed E-state index contributed by atoms with van der Waals surface area (Å²) in [5.41, 5.74) is 3.02. The number of aromatic amines is 1. The predicted octanol–water partition coefficient (Wildman–Crippen LogP) is 2.76. The van der Waals surface area contributed by atoms with Gasteiger partial charge < -0.3 is 5.32 Å². The summed E-state index contributed by atoms with van der Waals surface area (Å²) in [4.78, 5) is 12.5. The number of ketones is 1. The number of Topliss-reactive ketones (excluding diaryl/α,β-unsaturated/α-hetero) is 1. The molecule has 1 aliphatic heterocycles. The molecule has 1 aromatic rings. The Morgan fingerprint density at radius 1 is 1.42 bits per heavy atom. The molecule has 0 fully saturated rings. The average Bonchev–Trinajstić information content (AvgIpc) is 2.80. The van der Waals surface area contributed by atoms with Gasteiger partial charge in [0, 0.05) is 24.0 Å². The quantitative estimate of drug-likeness (QED) is 0.644. The summed E-state index contributed by atoms with van der Waals surface area (Å²) in [7, 11) is 0. The van der Waals surface area contributed by atoms with E-state index >= 15 is 0 Å². The lowest BCUT2D eigenvalue weighted by Crippen LogP contribution is -2.18. The Kier molecular flexibility index (Phi) is 4.34. The van der Waals surface area contributed by atoms with Gasteiger partial charge in [-0.3, -0.25) is 9.89 Å². The summed E-state index contributed by atoms with van der Waals surface area (Å²) in [6.07, 6.45) is 11.3. The van der Waals surface area contributed by atoms with E-state index in [0.717, 1.165) is 30.7 Å². The van der Waals surface area contributed by atoms with Crippen molar-refractivity contribution in [2.24, 2.45) is 0 Å². The van der Waals surface area contributed by atoms with E-state index in [4.69, 9.17) is 0 Å². The second-order valence-electron chi connectivity index (χ2n) is 4.55. The Hall–Kier alpha value is -2.10. The van der Waals surface area contributed by atoms with Crippen LogP contribution in [-0.2, 0) is 0 Å². The first kappa shape index (κ1) is 13.3. The first-order valence-corrected chi connectivity index (χ1v) is 6.55. The van der Waals surface area contributed by atoms with Crippen LogP contribution in [0.5, 0.6) is 0 Å². The van der Waals surface area contributed by atoms with Crippen molar-refractivity contribution in [3.63, 3.8) is 0 Å². The number of allylic oxidation sites excluding steroid dienone is 4. The Balaban J connectivity index is 2.30. The lowest BCUT2D eigenvalue weighted by molar-refractivity contribution is 0.102. The van der Waals surface area contributed by atoms with Crippen LogP contribution in [0.1, 0.15) is 41.5 Å². The molecule has 4 heteroatoms. The standard InChI is InChI=1S/C15H19N3O/c1-3-4-5-8-13-14(11(2)17-18-13)15(19)12-7-6-9-16-10-12/h3-5,8,10,16H,6-7,9H2,1-2H3,(H,17,18)/b4-3-,8-5-. The minimum absolute atomic E-state index is 0.0681. The molecule has 0 amide bonds. The maximum Gasteiger partial charge on any atom is 0.194 e. The van der Waals surface area contributed by atoms with E-state index in [1.165, 1.54) is 0 Å². The van der Waals surface area contributed by atoms with Gasteiger partial charge in [-0.25, -0.2) is 0 Å². The summed E-state index contributed by atoms with van der Waals surface area (Å²) in [6.45, 7) is 4.77. The van der Waals surface area contributed by atoms with Crippen molar-refractivity contribution < 1.29 is 4.79 Å². The van der Waals surface area contributed by atoms with Crippen molar-refractivity contribution in [1.29, 1.82) is 0 Å². The topological polar surface area (TPSA) is 57.8 Å². The van der Waals surface area contributed by atoms with E-state index in [9.17, 15) is 4.79 Å². The molecular weight excluding hydrogens is 238 g/mol. The fraction of sp³-hybridized carbons (Fsp3) is 0.333. The van der Waals surface area contributed by atoms with Gasteiger partial charge >= 0.3 is 0 Å². The van der Waals surface area contributed by atoms with Crippen molar-refractivity contribution >= 4 is 11.9 Å². The van der Waals surface area contributed by atoms with Gasteiger partial charge in [0.1, 0.15) is 0 Å². The molecule has 0 aliphatic carbocycles. The lowest BCUT2D eigenvalue weighted by atomic mass is 9.97. The molecule has 2 heterocycles. The van der Waals surface area contributed by atoms with Gasteiger partial charge in [-0.05, 0) is 32.8 Å². The molecular formula is C15H19N3O. The van der Waals surface area contributed by atoms with Crippen LogP contribution < -0.4 is 5.32 Å². The molecule has 0 radical (unpaired) electrons. The number of rotatable bonds is 4. The van der Waals surface area contributed by atoms with Gasteiger partial charge in [0.05, 0.1) is 11.3 Å². The minimum atomic E-state index is 0.0681. The van der Waals surface area contributed by atoms with Crippen LogP contribution in [0, 0.1) is 6.92 Å². The minimum Gasteiger partial charge on any atom is -0.391 e. The molecule has 0 aromatic carbocycles. The zero-order valence-corrected chi connectivity index (χ0v) is 11.4. The van der Waals surface area contributed by atoms with Gasteiger partial charge in [-0.2, -0.15) is 5.10 Å². The van der Waals surface area contributed by atoms with Crippen molar-refractivity contribution in [2.75, 3.05) is 6.54 Å². The maximum absolute atomic E-state index is 12.5. The molecule has 4 nitrogen and oxygen atoms in total. The van der Waals surface area contributed by atoms with E-state index in [1.807, 2.05) is 44.4 Å². The van der Waals surface area contributed by atoms with E-state index < -0.39 is 0 Å². The highest BCUT2D eigenvalue weighted by Gasteiger charge is 2.21. The number of carbonyl (C=O) groups excluding carboxylic acids is 1. The van der Waals surface area contributed by atoms with E-state index in [1.54, 1.807) is 0 Å². The zero-order chi connectivity index (χ0) is 13.7. The Morgan fingerprint density at radius 3 is 2.95 bits per heavy atom. The highest BCUT2D eigenvalue weighted by Crippen LogP contribution is 2.20. The number of nitrogens with one attached hydrogen (secondary N) is 2. The van der Waals surface area contributed by atoms with Gasteiger partial charge in [0.25, 0.3) is 0 Å². The monoisotopic (exact) mass is 257 g/mol. The molecule has 1 aliphatic rings. The van der Waals surface area contributed by atoms with Crippen LogP contribution in [0.4, 0.5) is 0 Å². The van der Waals surface area contributed by atoms with Crippen molar-refractivity contribution in [1.82, 2.24) is 15.5 Å². The van der Waals surface area contributed by atoms with Crippen LogP contribution in [0.2, 0.25) is 0 Å². The molecule has 19 heavy (non-hydrogen) atoms. The van der Waals surface area contributed by atoms with Crippen molar-refractivity contribution in [3.8, 4) is 0 Å². The fourth-order valence-corrected chi connectivity index (χ4v) is 2.10. The number of carbonyl (C=O) groups is 1. The molecule has 0 saturated carbocycles. The summed E-state index contributed by atoms with van der Waals surface area (Å²) in [5, 5.41) is 10.2. The summed E-state index contributed by atoms with van der Waals surface area (Å²) < 4.78 is 0. The van der Waals surface area contributed by atoms with Crippen LogP contribution >= 0.6 is 0 Å². The maximum atomic E-state index is 12.5. The second-order valence-corrected chi connectivity index (χ2v) is 4.55. The van der Waals surface area contributed by atoms with Gasteiger partial charge in [0.15, 0.2) is 5.78 Å². The average molecular weight is 257 g/mol. The zero-order valence-electron chi connectivity index (χ0n) is 11.4. The van der Waals surface area contributed by atoms with Crippen LogP contribution in [0.15, 0.2) is 30.0 Å². The third-order valence-corrected chi connectivity index (χ3v) is 3.10. The Morgan fingerprint density at radius 2 is 2.26 bits per heavy atom. The van der Waals surface area contributed by atoms with Gasteiger partial charge in [0.2, 0.25) is 0 Å². The third kappa shape index (κ3) is 3.02. The molecule has 0 bridgehead atoms. The number of hydrogen-bond donors (Lipinski definition) is 2. The highest BCUT2D eigenvalue weighted by molar-refractivity contribution is 6.11. The molecule has 0 unspecified atom stereocenters. The number of aromatic nitrogens is 2. The van der Waals surface area contributed by atoms with Gasteiger partial charge in [-0.15, -0.1) is 0 Å². The summed E-state index contributed by atoms with van der Waals surface area (Å²) in [6, 6.07) is 0. The number of hydrogen-bond acceptors (Lipinski definition) is 3. The molecule has 0 spiro atoms. The first-order chi connectivity index (χ1) is 9.24. The van der Waals surface area contributed by atoms with Crippen LogP contribution in [0.25, 0.3) is 6.08 Å². The predicted molar refractivity (Wildman–Crippen MR) is 76.8 cm³/mol. The highest BCUT2D eigenvalue weighted by atomic mass is 16.1. The molecule has 100 valence electrons. The van der Waals surface area contributed by atoms with E-state index in [0.29, 0.717) is 11.3 Å². The third-order valence-electron chi connectivity index (χ3n) is 3.10. The second kappa shape index (κ2) is 6.18.